The number of fused-ring (bicyclic) bond motifs is 8. The Kier molecular flexibility index (Phi) is 5.91. The predicted octanol–water partition coefficient (Wildman–Crippen LogP) is 12.9. The second-order valence-corrected chi connectivity index (χ2v) is 14.2. The van der Waals surface area contributed by atoms with Crippen LogP contribution in [0.3, 0.4) is 0 Å². The molecule has 0 fully saturated rings. The van der Waals surface area contributed by atoms with Crippen molar-refractivity contribution in [1.82, 2.24) is 4.57 Å². The van der Waals surface area contributed by atoms with E-state index in [1.165, 1.54) is 99.0 Å². The molecule has 0 bridgehead atoms. The molecular formula is C48H35N. The Labute approximate surface area is 286 Å². The van der Waals surface area contributed by atoms with Gasteiger partial charge in [0, 0.05) is 34.3 Å². The van der Waals surface area contributed by atoms with Crippen LogP contribution in [0.25, 0.3) is 87.9 Å². The summed E-state index contributed by atoms with van der Waals surface area (Å²) in [5.74, 6) is 0. The second kappa shape index (κ2) is 10.3. The van der Waals surface area contributed by atoms with E-state index in [9.17, 15) is 0 Å². The molecule has 0 saturated carbocycles. The Morgan fingerprint density at radius 2 is 0.918 bits per heavy atom. The van der Waals surface area contributed by atoms with Gasteiger partial charge in [-0.1, -0.05) is 141 Å². The fraction of sp³-hybridized carbons (Fsp3) is 0.0833. The summed E-state index contributed by atoms with van der Waals surface area (Å²) < 4.78 is 2.31. The first-order valence-electron chi connectivity index (χ1n) is 17.3. The number of para-hydroxylation sites is 1. The number of benzene rings is 8. The number of hydrogen-bond donors (Lipinski definition) is 0. The van der Waals surface area contributed by atoms with Crippen LogP contribution in [0, 0.1) is 0 Å². The van der Waals surface area contributed by atoms with Crippen LogP contribution in [0.15, 0.2) is 158 Å². The Morgan fingerprint density at radius 1 is 0.367 bits per heavy atom. The van der Waals surface area contributed by atoms with E-state index in [0.29, 0.717) is 0 Å². The van der Waals surface area contributed by atoms with Gasteiger partial charge in [0.05, 0.1) is 0 Å². The fourth-order valence-corrected chi connectivity index (χ4v) is 8.81. The molecule has 1 aliphatic carbocycles. The highest BCUT2D eigenvalue weighted by Gasteiger charge is 2.35. The first-order chi connectivity index (χ1) is 24.0. The maximum atomic E-state index is 2.46. The van der Waals surface area contributed by atoms with Gasteiger partial charge in [-0.3, -0.25) is 0 Å². The van der Waals surface area contributed by atoms with E-state index in [0.717, 1.165) is 0 Å². The van der Waals surface area contributed by atoms with E-state index < -0.39 is 0 Å². The molecule has 0 aliphatic heterocycles. The quantitative estimate of drug-likeness (QED) is 0.172. The third kappa shape index (κ3) is 3.99. The van der Waals surface area contributed by atoms with Crippen LogP contribution >= 0.6 is 0 Å². The summed E-state index contributed by atoms with van der Waals surface area (Å²) in [5, 5.41) is 7.68. The third-order valence-corrected chi connectivity index (χ3v) is 11.2. The molecule has 8 aromatic carbocycles. The normalized spacial score (nSPS) is 13.4. The first-order valence-corrected chi connectivity index (χ1v) is 17.3. The number of hydrogen-bond acceptors (Lipinski definition) is 0. The van der Waals surface area contributed by atoms with Crippen LogP contribution in [0.2, 0.25) is 0 Å². The molecule has 1 heteroatoms. The van der Waals surface area contributed by atoms with Gasteiger partial charge < -0.3 is 4.57 Å². The molecule has 0 atom stereocenters. The zero-order chi connectivity index (χ0) is 32.9. The molecule has 1 aromatic heterocycles. The van der Waals surface area contributed by atoms with E-state index in [2.05, 4.69) is 183 Å². The van der Waals surface area contributed by atoms with Crippen molar-refractivity contribution in [3.05, 3.63) is 169 Å². The van der Waals surface area contributed by atoms with Gasteiger partial charge in [-0.15, -0.1) is 0 Å². The van der Waals surface area contributed by atoms with Crippen LogP contribution in [0.4, 0.5) is 0 Å². The minimum Gasteiger partial charge on any atom is -0.344 e. The summed E-state index contributed by atoms with van der Waals surface area (Å²) in [5.41, 5.74) is 15.5. The monoisotopic (exact) mass is 625 g/mol. The highest BCUT2D eigenvalue weighted by atomic mass is 14.9. The van der Waals surface area contributed by atoms with Crippen LogP contribution in [0.1, 0.15) is 25.0 Å². The van der Waals surface area contributed by atoms with E-state index in [1.807, 2.05) is 0 Å². The topological polar surface area (TPSA) is 4.93 Å². The van der Waals surface area contributed by atoms with Crippen molar-refractivity contribution in [2.24, 2.45) is 7.05 Å². The van der Waals surface area contributed by atoms with Gasteiger partial charge in [-0.05, 0) is 108 Å². The molecule has 0 unspecified atom stereocenters. The summed E-state index contributed by atoms with van der Waals surface area (Å²) in [4.78, 5) is 0. The SMILES string of the molecule is Cn1c2ccccc2c2cc(-c3c4ccccc4c(-c4ccc5c(c4)-c4ccccc4C5(C)C)c4cc(-c5ccccc5)ccc34)ccc21. The molecule has 1 heterocycles. The largest absolute Gasteiger partial charge is 0.344 e. The summed E-state index contributed by atoms with van der Waals surface area (Å²) in [6, 6.07) is 58.8. The van der Waals surface area contributed by atoms with Crippen LogP contribution in [0.5, 0.6) is 0 Å². The summed E-state index contributed by atoms with van der Waals surface area (Å²) in [6.07, 6.45) is 0. The van der Waals surface area contributed by atoms with E-state index in [-0.39, 0.29) is 5.41 Å². The molecule has 1 aliphatic rings. The zero-order valence-electron chi connectivity index (χ0n) is 28.0. The first kappa shape index (κ1) is 28.1. The fourth-order valence-electron chi connectivity index (χ4n) is 8.81. The van der Waals surface area contributed by atoms with Gasteiger partial charge in [-0.25, -0.2) is 0 Å². The molecule has 0 radical (unpaired) electrons. The minimum atomic E-state index is -0.0286. The third-order valence-electron chi connectivity index (χ3n) is 11.2. The molecule has 1 nitrogen and oxygen atoms in total. The second-order valence-electron chi connectivity index (χ2n) is 14.2. The zero-order valence-corrected chi connectivity index (χ0v) is 28.0. The van der Waals surface area contributed by atoms with Crippen molar-refractivity contribution in [2.75, 3.05) is 0 Å². The average Bonchev–Trinajstić information content (AvgIpc) is 3.56. The lowest BCUT2D eigenvalue weighted by atomic mass is 9.81. The maximum Gasteiger partial charge on any atom is 0.0489 e. The lowest BCUT2D eigenvalue weighted by molar-refractivity contribution is 0.660. The van der Waals surface area contributed by atoms with Gasteiger partial charge in [0.25, 0.3) is 0 Å². The maximum absolute atomic E-state index is 2.46. The number of aryl methyl sites for hydroxylation is 1. The number of aromatic nitrogens is 1. The molecule has 10 rings (SSSR count). The van der Waals surface area contributed by atoms with Gasteiger partial charge in [-0.2, -0.15) is 0 Å². The van der Waals surface area contributed by atoms with E-state index >= 15 is 0 Å². The van der Waals surface area contributed by atoms with E-state index in [1.54, 1.807) is 0 Å². The molecule has 0 amide bonds. The highest BCUT2D eigenvalue weighted by molar-refractivity contribution is 6.23. The molecule has 0 saturated heterocycles. The van der Waals surface area contributed by atoms with Crippen molar-refractivity contribution < 1.29 is 0 Å². The molecule has 9 aromatic rings. The van der Waals surface area contributed by atoms with Gasteiger partial charge in [0.15, 0.2) is 0 Å². The Bertz CT molecular complexity index is 2790. The predicted molar refractivity (Wildman–Crippen MR) is 209 cm³/mol. The molecule has 232 valence electrons. The summed E-state index contributed by atoms with van der Waals surface area (Å²) in [7, 11) is 2.17. The Hall–Kier alpha value is -5.92. The van der Waals surface area contributed by atoms with Crippen molar-refractivity contribution in [3.8, 4) is 44.5 Å². The lowest BCUT2D eigenvalue weighted by Gasteiger charge is -2.22. The molecule has 0 spiro atoms. The molecular weight excluding hydrogens is 591 g/mol. The van der Waals surface area contributed by atoms with Crippen molar-refractivity contribution in [2.45, 2.75) is 19.3 Å². The Morgan fingerprint density at radius 3 is 1.73 bits per heavy atom. The van der Waals surface area contributed by atoms with Gasteiger partial charge >= 0.3 is 0 Å². The Balaban J connectivity index is 1.31. The summed E-state index contributed by atoms with van der Waals surface area (Å²) in [6.45, 7) is 4.71. The van der Waals surface area contributed by atoms with Gasteiger partial charge in [0.1, 0.15) is 0 Å². The lowest BCUT2D eigenvalue weighted by Crippen LogP contribution is -2.14. The number of nitrogens with zero attached hydrogens (tertiary/aromatic N) is 1. The smallest absolute Gasteiger partial charge is 0.0489 e. The van der Waals surface area contributed by atoms with Crippen molar-refractivity contribution in [1.29, 1.82) is 0 Å². The molecule has 49 heavy (non-hydrogen) atoms. The minimum absolute atomic E-state index is 0.0286. The van der Waals surface area contributed by atoms with E-state index in [4.69, 9.17) is 0 Å². The standard InChI is InChI=1S/C48H35N/c1-48(2)42-19-11-9-15-34(42)39-28-32(22-25-43(39)48)47-37-18-8-7-17-36(37)46(38-24-21-31(27-41(38)47)30-13-5-4-6-14-30)33-23-26-45-40(29-33)35-16-10-12-20-44(35)49(45)3/h4-29H,1-3H3. The molecule has 0 N–H and O–H groups in total. The van der Waals surface area contributed by atoms with Gasteiger partial charge in [0.2, 0.25) is 0 Å². The van der Waals surface area contributed by atoms with Crippen LogP contribution in [-0.2, 0) is 12.5 Å². The van der Waals surface area contributed by atoms with Crippen LogP contribution in [-0.4, -0.2) is 4.57 Å². The number of rotatable bonds is 3. The average molecular weight is 626 g/mol. The highest BCUT2D eigenvalue weighted by Crippen LogP contribution is 2.51. The van der Waals surface area contributed by atoms with Crippen molar-refractivity contribution >= 4 is 43.4 Å². The summed E-state index contributed by atoms with van der Waals surface area (Å²) >= 11 is 0. The van der Waals surface area contributed by atoms with Crippen LogP contribution < -0.4 is 0 Å². The van der Waals surface area contributed by atoms with Crippen molar-refractivity contribution in [3.63, 3.8) is 0 Å².